The smallest absolute Gasteiger partial charge is 0.381 e. The normalized spacial score (nSPS) is 14.4. The molecule has 2 N–H and O–H groups in total. The van der Waals surface area contributed by atoms with Crippen molar-refractivity contribution in [2.75, 3.05) is 5.32 Å². The number of amides is 1. The van der Waals surface area contributed by atoms with Crippen LogP contribution in [0, 0.1) is 17.5 Å². The number of hydrogen-bond acceptors (Lipinski definition) is 6. The van der Waals surface area contributed by atoms with E-state index in [1.165, 1.54) is 18.6 Å². The molecule has 0 bridgehead atoms. The van der Waals surface area contributed by atoms with Gasteiger partial charge in [0.2, 0.25) is 0 Å². The Morgan fingerprint density at radius 2 is 1.84 bits per heavy atom. The maximum atomic E-state index is 14.8. The van der Waals surface area contributed by atoms with E-state index in [4.69, 9.17) is 0 Å². The summed E-state index contributed by atoms with van der Waals surface area (Å²) < 4.78 is 82.5. The maximum absolute atomic E-state index is 14.8. The predicted octanol–water partition coefficient (Wildman–Crippen LogP) is 3.06. The molecular weight excluding hydrogens is 510 g/mol. The van der Waals surface area contributed by atoms with Crippen LogP contribution in [0.5, 0.6) is 0 Å². The van der Waals surface area contributed by atoms with Crippen molar-refractivity contribution in [3.05, 3.63) is 82.7 Å². The molecule has 0 radical (unpaired) electrons. The van der Waals surface area contributed by atoms with Crippen LogP contribution in [0.15, 0.2) is 54.1 Å². The van der Waals surface area contributed by atoms with Crippen molar-refractivity contribution in [2.45, 2.75) is 31.3 Å². The van der Waals surface area contributed by atoms with Crippen LogP contribution >= 0.6 is 0 Å². The average molecular weight is 526 g/mol. The summed E-state index contributed by atoms with van der Waals surface area (Å²) in [6.07, 6.45) is -2.01. The second-order valence-corrected chi connectivity index (χ2v) is 8.08. The molecule has 0 aliphatic heterocycles. The van der Waals surface area contributed by atoms with Gasteiger partial charge in [0.1, 0.15) is 35.7 Å². The second-order valence-electron chi connectivity index (χ2n) is 8.08. The molecule has 1 amide bonds. The summed E-state index contributed by atoms with van der Waals surface area (Å²) in [5.74, 6) is -5.80. The quantitative estimate of drug-likeness (QED) is 0.374. The molecule has 0 fully saturated rings. The summed E-state index contributed by atoms with van der Waals surface area (Å²) in [5, 5.41) is 16.5. The van der Waals surface area contributed by atoms with Crippen molar-refractivity contribution in [1.82, 2.24) is 24.3 Å². The van der Waals surface area contributed by atoms with E-state index in [0.717, 1.165) is 40.1 Å². The summed E-state index contributed by atoms with van der Waals surface area (Å²) in [5.41, 5.74) is -4.70. The van der Waals surface area contributed by atoms with Crippen LogP contribution in [0.4, 0.5) is 32.0 Å². The number of halogens is 6. The van der Waals surface area contributed by atoms with Crippen LogP contribution < -0.4 is 10.9 Å². The van der Waals surface area contributed by atoms with Crippen LogP contribution in [0.3, 0.4) is 0 Å². The summed E-state index contributed by atoms with van der Waals surface area (Å²) in [6, 6.07) is 2.44. The number of aliphatic hydroxyl groups is 1. The maximum Gasteiger partial charge on any atom is 0.471 e. The minimum Gasteiger partial charge on any atom is -0.381 e. The zero-order chi connectivity index (χ0) is 27.1. The lowest BCUT2D eigenvalue weighted by molar-refractivity contribution is -0.167. The lowest BCUT2D eigenvalue weighted by Gasteiger charge is -2.35. The van der Waals surface area contributed by atoms with Gasteiger partial charge in [-0.25, -0.2) is 27.8 Å². The number of benzene rings is 2. The van der Waals surface area contributed by atoms with E-state index < -0.39 is 64.4 Å². The van der Waals surface area contributed by atoms with Gasteiger partial charge in [-0.05, 0) is 25.1 Å². The first-order valence-corrected chi connectivity index (χ1v) is 10.4. The molecule has 0 spiro atoms. The molecule has 9 nitrogen and oxygen atoms in total. The zero-order valence-corrected chi connectivity index (χ0v) is 18.7. The number of aromatic nitrogens is 5. The lowest BCUT2D eigenvalue weighted by atomic mass is 9.86. The van der Waals surface area contributed by atoms with E-state index in [-0.39, 0.29) is 11.1 Å². The fourth-order valence-corrected chi connectivity index (χ4v) is 3.80. The van der Waals surface area contributed by atoms with Crippen molar-refractivity contribution in [3.8, 4) is 0 Å². The Morgan fingerprint density at radius 1 is 1.11 bits per heavy atom. The molecule has 37 heavy (non-hydrogen) atoms. The van der Waals surface area contributed by atoms with Crippen LogP contribution in [0.1, 0.15) is 18.5 Å². The second kappa shape index (κ2) is 9.31. The molecule has 194 valence electrons. The van der Waals surface area contributed by atoms with Gasteiger partial charge >= 0.3 is 12.1 Å². The highest BCUT2D eigenvalue weighted by molar-refractivity contribution is 5.96. The van der Waals surface area contributed by atoms with Crippen LogP contribution in [-0.4, -0.2) is 41.5 Å². The summed E-state index contributed by atoms with van der Waals surface area (Å²) in [7, 11) is 0. The van der Waals surface area contributed by atoms with E-state index in [1.54, 1.807) is 0 Å². The highest BCUT2D eigenvalue weighted by Gasteiger charge is 2.41. The average Bonchev–Trinajstić information content (AvgIpc) is 3.32. The minimum atomic E-state index is -5.28. The molecule has 2 aromatic carbocycles. The number of rotatable bonds is 6. The summed E-state index contributed by atoms with van der Waals surface area (Å²) >= 11 is 0. The molecule has 4 rings (SSSR count). The van der Waals surface area contributed by atoms with Crippen molar-refractivity contribution < 1.29 is 36.2 Å². The third kappa shape index (κ3) is 4.89. The van der Waals surface area contributed by atoms with Gasteiger partial charge in [-0.1, -0.05) is 6.07 Å². The van der Waals surface area contributed by atoms with Gasteiger partial charge in [0, 0.05) is 11.6 Å². The molecule has 0 aliphatic rings. The first kappa shape index (κ1) is 25.8. The molecule has 15 heteroatoms. The SMILES string of the molecule is C[C@@H](n1cnc2cc(NC(=O)C(F)(F)F)c(F)cc2c1=O)[C@](O)(Cn1cncn1)c1ccc(F)cc1F. The first-order valence-electron chi connectivity index (χ1n) is 10.4. The van der Waals surface area contributed by atoms with Gasteiger partial charge in [-0.15, -0.1) is 0 Å². The number of carbonyl (C=O) groups excluding carboxylic acids is 1. The number of alkyl halides is 3. The third-order valence-electron chi connectivity index (χ3n) is 5.75. The largest absolute Gasteiger partial charge is 0.471 e. The van der Waals surface area contributed by atoms with E-state index in [9.17, 15) is 41.0 Å². The Hall–Kier alpha value is -4.27. The third-order valence-corrected chi connectivity index (χ3v) is 5.75. The number of carbonyl (C=O) groups is 1. The molecule has 0 aliphatic carbocycles. The van der Waals surface area contributed by atoms with Gasteiger partial charge in [0.15, 0.2) is 0 Å². The zero-order valence-electron chi connectivity index (χ0n) is 18.7. The fraction of sp³-hybridized carbons (Fsp3) is 0.227. The topological polar surface area (TPSA) is 115 Å². The van der Waals surface area contributed by atoms with Crippen LogP contribution in [0.2, 0.25) is 0 Å². The Labute approximate surface area is 203 Å². The summed E-state index contributed by atoms with van der Waals surface area (Å²) in [6.45, 7) is 0.876. The van der Waals surface area contributed by atoms with Crippen molar-refractivity contribution in [1.29, 1.82) is 0 Å². The highest BCUT2D eigenvalue weighted by atomic mass is 19.4. The van der Waals surface area contributed by atoms with Crippen molar-refractivity contribution >= 4 is 22.5 Å². The molecule has 2 atom stereocenters. The fourth-order valence-electron chi connectivity index (χ4n) is 3.80. The van der Waals surface area contributed by atoms with Gasteiger partial charge in [0.25, 0.3) is 5.56 Å². The Morgan fingerprint density at radius 3 is 2.46 bits per heavy atom. The van der Waals surface area contributed by atoms with Crippen molar-refractivity contribution in [2.24, 2.45) is 0 Å². The molecule has 0 saturated carbocycles. The van der Waals surface area contributed by atoms with Gasteiger partial charge in [-0.3, -0.25) is 14.2 Å². The minimum absolute atomic E-state index is 0.264. The highest BCUT2D eigenvalue weighted by Crippen LogP contribution is 2.36. The number of nitrogens with zero attached hydrogens (tertiary/aromatic N) is 5. The van der Waals surface area contributed by atoms with E-state index in [2.05, 4.69) is 15.1 Å². The van der Waals surface area contributed by atoms with Crippen LogP contribution in [0.25, 0.3) is 10.9 Å². The summed E-state index contributed by atoms with van der Waals surface area (Å²) in [4.78, 5) is 32.1. The van der Waals surface area contributed by atoms with E-state index in [1.807, 2.05) is 0 Å². The first-order chi connectivity index (χ1) is 17.3. The molecule has 2 heterocycles. The number of hydrogen-bond donors (Lipinski definition) is 2. The Kier molecular flexibility index (Phi) is 6.50. The van der Waals surface area contributed by atoms with E-state index >= 15 is 0 Å². The van der Waals surface area contributed by atoms with Gasteiger partial charge < -0.3 is 10.4 Å². The predicted molar refractivity (Wildman–Crippen MR) is 116 cm³/mol. The Balaban J connectivity index is 1.81. The standard InChI is InChI=1S/C22H16F6N6O3/c1-11(21(37,7-33-9-29-8-31-33)14-3-2-12(23)4-15(14)24)34-10-30-17-6-18(32-20(36)22(26,27)28)16(25)5-13(17)19(34)35/h2-6,8-11,37H,7H2,1H3,(H,32,36)/t11-,21-/m1/s1. The number of nitrogens with one attached hydrogen (secondary N) is 1. The Bertz CT molecular complexity index is 1540. The van der Waals surface area contributed by atoms with Gasteiger partial charge in [-0.2, -0.15) is 18.3 Å². The molecule has 4 aromatic rings. The number of anilines is 1. The monoisotopic (exact) mass is 526 g/mol. The van der Waals surface area contributed by atoms with Gasteiger partial charge in [0.05, 0.1) is 35.5 Å². The molecule has 0 saturated heterocycles. The van der Waals surface area contributed by atoms with Crippen molar-refractivity contribution in [3.63, 3.8) is 0 Å². The number of fused-ring (bicyclic) bond motifs is 1. The van der Waals surface area contributed by atoms with E-state index in [0.29, 0.717) is 12.1 Å². The molecule has 2 aromatic heterocycles. The molecular formula is C22H16F6N6O3. The lowest BCUT2D eigenvalue weighted by Crippen LogP contribution is -2.43. The molecule has 0 unspecified atom stereocenters. The van der Waals surface area contributed by atoms with Crippen LogP contribution in [-0.2, 0) is 16.9 Å².